The zero-order valence-corrected chi connectivity index (χ0v) is 18.9. The van der Waals surface area contributed by atoms with Gasteiger partial charge in [0.05, 0.1) is 0 Å². The van der Waals surface area contributed by atoms with Gasteiger partial charge in [-0.15, -0.1) is 6.58 Å². The minimum atomic E-state index is 0.101. The lowest BCUT2D eigenvalue weighted by molar-refractivity contribution is 0.295. The quantitative estimate of drug-likeness (QED) is 0.397. The fraction of sp³-hybridized carbons (Fsp3) is 0.321. The Morgan fingerprint density at radius 1 is 1.19 bits per heavy atom. The largest absolute Gasteiger partial charge is 0.404 e. The molecular weight excluding hydrogens is 378 g/mol. The van der Waals surface area contributed by atoms with Gasteiger partial charge in [0.1, 0.15) is 0 Å². The highest BCUT2D eigenvalue weighted by molar-refractivity contribution is 6.08. The van der Waals surface area contributed by atoms with Crippen LogP contribution in [0.4, 0.5) is 0 Å². The van der Waals surface area contributed by atoms with Gasteiger partial charge in [0.15, 0.2) is 0 Å². The van der Waals surface area contributed by atoms with Crippen molar-refractivity contribution < 1.29 is 0 Å². The summed E-state index contributed by atoms with van der Waals surface area (Å²) in [5, 5.41) is 7.57. The molecule has 0 aromatic heterocycles. The number of nitrogens with zero attached hydrogens (tertiary/aromatic N) is 1. The molecule has 3 heteroatoms. The Morgan fingerprint density at radius 3 is 2.65 bits per heavy atom. The van der Waals surface area contributed by atoms with Gasteiger partial charge in [0.25, 0.3) is 0 Å². The lowest BCUT2D eigenvalue weighted by Gasteiger charge is -2.36. The van der Waals surface area contributed by atoms with Gasteiger partial charge < -0.3 is 16.0 Å². The van der Waals surface area contributed by atoms with Crippen molar-refractivity contribution in [1.82, 2.24) is 4.90 Å². The van der Waals surface area contributed by atoms with Crippen molar-refractivity contribution in [3.8, 4) is 0 Å². The molecule has 3 rings (SSSR count). The third-order valence-electron chi connectivity index (χ3n) is 6.30. The van der Waals surface area contributed by atoms with Gasteiger partial charge in [-0.25, -0.2) is 0 Å². The summed E-state index contributed by atoms with van der Waals surface area (Å²) in [6.07, 6.45) is 8.17. The van der Waals surface area contributed by atoms with Gasteiger partial charge in [-0.1, -0.05) is 69.0 Å². The Balaban J connectivity index is 1.77. The summed E-state index contributed by atoms with van der Waals surface area (Å²) in [5.74, 6) is 0.501. The van der Waals surface area contributed by atoms with Crippen LogP contribution in [0.2, 0.25) is 0 Å². The highest BCUT2D eigenvalue weighted by atomic mass is 15.1. The topological polar surface area (TPSA) is 53.1 Å². The molecule has 1 fully saturated rings. The highest BCUT2D eigenvalue weighted by Crippen LogP contribution is 2.33. The number of rotatable bonds is 8. The fourth-order valence-electron chi connectivity index (χ4n) is 4.34. The van der Waals surface area contributed by atoms with Gasteiger partial charge in [0, 0.05) is 42.7 Å². The molecular formula is C28H35N3. The Bertz CT molecular complexity index is 983. The molecule has 0 spiro atoms. The van der Waals surface area contributed by atoms with Crippen molar-refractivity contribution in [2.45, 2.75) is 39.0 Å². The van der Waals surface area contributed by atoms with Crippen LogP contribution in [0.3, 0.4) is 0 Å². The minimum Gasteiger partial charge on any atom is -0.404 e. The van der Waals surface area contributed by atoms with Crippen LogP contribution in [0.25, 0.3) is 11.3 Å². The van der Waals surface area contributed by atoms with E-state index in [-0.39, 0.29) is 5.41 Å². The first-order chi connectivity index (χ1) is 14.9. The van der Waals surface area contributed by atoms with Gasteiger partial charge in [-0.2, -0.15) is 0 Å². The second-order valence-corrected chi connectivity index (χ2v) is 9.19. The molecule has 1 unspecified atom stereocenters. The van der Waals surface area contributed by atoms with E-state index in [0.29, 0.717) is 11.5 Å². The van der Waals surface area contributed by atoms with Crippen molar-refractivity contribution >= 4 is 17.5 Å². The van der Waals surface area contributed by atoms with Crippen molar-refractivity contribution in [1.29, 1.82) is 5.41 Å². The van der Waals surface area contributed by atoms with Crippen LogP contribution in [0, 0.1) is 10.8 Å². The molecule has 0 amide bonds. The van der Waals surface area contributed by atoms with Crippen molar-refractivity contribution in [2.24, 2.45) is 11.1 Å². The molecule has 1 saturated heterocycles. The Labute approximate surface area is 187 Å². The Kier molecular flexibility index (Phi) is 7.17. The molecule has 1 aliphatic rings. The van der Waals surface area contributed by atoms with E-state index in [2.05, 4.69) is 68.3 Å². The van der Waals surface area contributed by atoms with Crippen LogP contribution in [0.15, 0.2) is 74.0 Å². The normalized spacial score (nSPS) is 17.3. The zero-order valence-electron chi connectivity index (χ0n) is 18.9. The number of nitrogens with two attached hydrogens (primary N) is 1. The van der Waals surface area contributed by atoms with Crippen molar-refractivity contribution in [3.63, 3.8) is 0 Å². The van der Waals surface area contributed by atoms with Gasteiger partial charge in [0.2, 0.25) is 0 Å². The molecule has 3 N–H and O–H groups in total. The smallest absolute Gasteiger partial charge is 0.0367 e. The summed E-state index contributed by atoms with van der Waals surface area (Å²) in [5.41, 5.74) is 12.3. The molecule has 1 heterocycles. The molecule has 0 bridgehead atoms. The summed E-state index contributed by atoms with van der Waals surface area (Å²) in [4.78, 5) is 2.41. The molecule has 0 radical (unpaired) electrons. The standard InChI is InChI=1S/C28H35N3/c1-5-28(3,4)17-22-9-6-11-24(15-22)26-13-8-14-31(20-26)21(2)23-10-7-12-25(16-23)27(18-29)19-30/h5-7,9-12,15-16,18-19,26,29H,1-2,8,13-14,17,20,30H2,3-4H3/b27-19+,29-18?. The summed E-state index contributed by atoms with van der Waals surface area (Å²) in [6.45, 7) is 14.9. The molecule has 2 aromatic rings. The van der Waals surface area contributed by atoms with Crippen LogP contribution >= 0.6 is 0 Å². The van der Waals surface area contributed by atoms with E-state index in [1.807, 2.05) is 18.2 Å². The summed E-state index contributed by atoms with van der Waals surface area (Å²) >= 11 is 0. The third-order valence-corrected chi connectivity index (χ3v) is 6.30. The zero-order chi connectivity index (χ0) is 22.4. The SMILES string of the molecule is C=CC(C)(C)Cc1cccc(C2CCCN(C(=C)c3cccc(/C(C=N)=C/N)c3)C2)c1. The summed E-state index contributed by atoms with van der Waals surface area (Å²) in [7, 11) is 0. The fourth-order valence-corrected chi connectivity index (χ4v) is 4.34. The average Bonchev–Trinajstić information content (AvgIpc) is 2.79. The molecule has 1 aliphatic heterocycles. The molecule has 0 aliphatic carbocycles. The predicted octanol–water partition coefficient (Wildman–Crippen LogP) is 6.24. The number of hydrogen-bond acceptors (Lipinski definition) is 3. The maximum atomic E-state index is 7.57. The molecule has 2 aromatic carbocycles. The monoisotopic (exact) mass is 413 g/mol. The first-order valence-corrected chi connectivity index (χ1v) is 11.1. The van der Waals surface area contributed by atoms with Gasteiger partial charge in [-0.05, 0) is 53.0 Å². The molecule has 3 nitrogen and oxygen atoms in total. The van der Waals surface area contributed by atoms with E-state index in [9.17, 15) is 0 Å². The summed E-state index contributed by atoms with van der Waals surface area (Å²) in [6, 6.07) is 17.2. The molecule has 0 saturated carbocycles. The van der Waals surface area contributed by atoms with Crippen molar-refractivity contribution in [3.05, 3.63) is 96.2 Å². The second-order valence-electron chi connectivity index (χ2n) is 9.19. The van der Waals surface area contributed by atoms with E-state index in [4.69, 9.17) is 11.1 Å². The molecule has 1 atom stereocenters. The predicted molar refractivity (Wildman–Crippen MR) is 134 cm³/mol. The number of nitrogens with one attached hydrogen (secondary N) is 1. The maximum absolute atomic E-state index is 7.57. The number of likely N-dealkylation sites (tertiary alicyclic amines) is 1. The highest BCUT2D eigenvalue weighted by Gasteiger charge is 2.23. The average molecular weight is 414 g/mol. The maximum Gasteiger partial charge on any atom is 0.0367 e. The second kappa shape index (κ2) is 9.82. The Hall–Kier alpha value is -3.07. The van der Waals surface area contributed by atoms with E-state index in [1.54, 1.807) is 0 Å². The van der Waals surface area contributed by atoms with Crippen LogP contribution in [0.5, 0.6) is 0 Å². The number of piperidine rings is 1. The minimum absolute atomic E-state index is 0.101. The summed E-state index contributed by atoms with van der Waals surface area (Å²) < 4.78 is 0. The van der Waals surface area contributed by atoms with E-state index in [0.717, 1.165) is 42.8 Å². The van der Waals surface area contributed by atoms with E-state index < -0.39 is 0 Å². The number of allylic oxidation sites excluding steroid dienone is 2. The third kappa shape index (κ3) is 5.55. The van der Waals surface area contributed by atoms with Gasteiger partial charge >= 0.3 is 0 Å². The van der Waals surface area contributed by atoms with Gasteiger partial charge in [-0.3, -0.25) is 0 Å². The first-order valence-electron chi connectivity index (χ1n) is 11.1. The lowest BCUT2D eigenvalue weighted by Crippen LogP contribution is -2.32. The van der Waals surface area contributed by atoms with Crippen molar-refractivity contribution in [2.75, 3.05) is 13.1 Å². The first kappa shape index (κ1) is 22.6. The lowest BCUT2D eigenvalue weighted by atomic mass is 9.83. The Morgan fingerprint density at radius 2 is 1.94 bits per heavy atom. The van der Waals surface area contributed by atoms with Crippen LogP contribution in [-0.2, 0) is 6.42 Å². The number of hydrogen-bond donors (Lipinski definition) is 2. The molecule has 162 valence electrons. The number of benzene rings is 2. The van der Waals surface area contributed by atoms with Crippen LogP contribution < -0.4 is 5.73 Å². The van der Waals surface area contributed by atoms with E-state index >= 15 is 0 Å². The van der Waals surface area contributed by atoms with E-state index in [1.165, 1.54) is 30.0 Å². The van der Waals surface area contributed by atoms with Crippen LogP contribution in [0.1, 0.15) is 54.9 Å². The van der Waals surface area contributed by atoms with Crippen LogP contribution in [-0.4, -0.2) is 24.2 Å². The molecule has 31 heavy (non-hydrogen) atoms.